The summed E-state index contributed by atoms with van der Waals surface area (Å²) in [6, 6.07) is 5.25. The highest BCUT2D eigenvalue weighted by atomic mass is 16.6. The summed E-state index contributed by atoms with van der Waals surface area (Å²) in [5, 5.41) is 19.5. The van der Waals surface area contributed by atoms with Crippen molar-refractivity contribution in [3.63, 3.8) is 0 Å². The molecule has 0 unspecified atom stereocenters. The van der Waals surface area contributed by atoms with E-state index in [1.807, 2.05) is 0 Å². The zero-order valence-electron chi connectivity index (χ0n) is 10.3. The number of hydrogen-bond acceptors (Lipinski definition) is 5. The highest BCUT2D eigenvalue weighted by Crippen LogP contribution is 2.22. The van der Waals surface area contributed by atoms with Gasteiger partial charge in [0.05, 0.1) is 11.3 Å². The van der Waals surface area contributed by atoms with Gasteiger partial charge in [0, 0.05) is 18.7 Å². The van der Waals surface area contributed by atoms with Crippen molar-refractivity contribution in [1.82, 2.24) is 0 Å². The van der Waals surface area contributed by atoms with Crippen LogP contribution in [-0.2, 0) is 4.79 Å². The second-order valence-electron chi connectivity index (χ2n) is 4.72. The lowest BCUT2D eigenvalue weighted by Gasteiger charge is -2.19. The SMILES string of the molecule is CC(C)(CO)CC(=O)Oc1ccc([N+](=O)[O-])cc1. The molecule has 0 saturated carbocycles. The van der Waals surface area contributed by atoms with Crippen LogP contribution in [-0.4, -0.2) is 22.6 Å². The third-order valence-electron chi connectivity index (χ3n) is 2.33. The molecule has 98 valence electrons. The number of aliphatic hydroxyl groups is 1. The molecule has 1 rings (SSSR count). The molecule has 0 aliphatic heterocycles. The molecule has 1 N–H and O–H groups in total. The van der Waals surface area contributed by atoms with Gasteiger partial charge in [0.15, 0.2) is 0 Å². The number of nitrogens with zero attached hydrogens (tertiary/aromatic N) is 1. The number of nitro benzene ring substituents is 1. The Bertz CT molecular complexity index is 438. The lowest BCUT2D eigenvalue weighted by atomic mass is 9.91. The van der Waals surface area contributed by atoms with Crippen LogP contribution in [0.15, 0.2) is 24.3 Å². The molecular formula is C12H15NO5. The van der Waals surface area contributed by atoms with E-state index in [-0.39, 0.29) is 24.5 Å². The lowest BCUT2D eigenvalue weighted by molar-refractivity contribution is -0.384. The van der Waals surface area contributed by atoms with Crippen LogP contribution < -0.4 is 4.74 Å². The number of nitro groups is 1. The van der Waals surface area contributed by atoms with Crippen molar-refractivity contribution in [2.24, 2.45) is 5.41 Å². The van der Waals surface area contributed by atoms with E-state index < -0.39 is 16.3 Å². The fraction of sp³-hybridized carbons (Fsp3) is 0.417. The van der Waals surface area contributed by atoms with Crippen LogP contribution in [0, 0.1) is 15.5 Å². The number of carbonyl (C=O) groups excluding carboxylic acids is 1. The zero-order valence-corrected chi connectivity index (χ0v) is 10.3. The summed E-state index contributed by atoms with van der Waals surface area (Å²) in [4.78, 5) is 21.4. The second kappa shape index (κ2) is 5.59. The standard InChI is InChI=1S/C12H15NO5/c1-12(2,8-14)7-11(15)18-10-5-3-9(4-6-10)13(16)17/h3-6,14H,7-8H2,1-2H3. The van der Waals surface area contributed by atoms with Gasteiger partial charge in [-0.05, 0) is 17.5 Å². The smallest absolute Gasteiger partial charge is 0.311 e. The van der Waals surface area contributed by atoms with E-state index in [0.717, 1.165) is 0 Å². The Labute approximate surface area is 104 Å². The Hall–Kier alpha value is -1.95. The van der Waals surface area contributed by atoms with Gasteiger partial charge in [-0.15, -0.1) is 0 Å². The van der Waals surface area contributed by atoms with Crippen LogP contribution in [0.1, 0.15) is 20.3 Å². The maximum absolute atomic E-state index is 11.5. The molecule has 6 nitrogen and oxygen atoms in total. The van der Waals surface area contributed by atoms with Crippen LogP contribution in [0.2, 0.25) is 0 Å². The Kier molecular flexibility index (Phi) is 4.38. The minimum absolute atomic E-state index is 0.0644. The Morgan fingerprint density at radius 1 is 1.39 bits per heavy atom. The van der Waals surface area contributed by atoms with Crippen LogP contribution in [0.4, 0.5) is 5.69 Å². The van der Waals surface area contributed by atoms with Gasteiger partial charge in [0.1, 0.15) is 5.75 Å². The van der Waals surface area contributed by atoms with Gasteiger partial charge in [-0.1, -0.05) is 13.8 Å². The summed E-state index contributed by atoms with van der Waals surface area (Å²) in [6.45, 7) is 3.36. The minimum Gasteiger partial charge on any atom is -0.427 e. The van der Waals surface area contributed by atoms with Crippen molar-refractivity contribution >= 4 is 11.7 Å². The fourth-order valence-corrected chi connectivity index (χ4v) is 1.25. The summed E-state index contributed by atoms with van der Waals surface area (Å²) >= 11 is 0. The number of ether oxygens (including phenoxy) is 1. The molecule has 0 heterocycles. The van der Waals surface area contributed by atoms with Gasteiger partial charge in [-0.2, -0.15) is 0 Å². The average Bonchev–Trinajstić information content (AvgIpc) is 2.29. The van der Waals surface area contributed by atoms with Crippen molar-refractivity contribution < 1.29 is 19.6 Å². The summed E-state index contributed by atoms with van der Waals surface area (Å²) in [6.07, 6.45) is 0.0699. The summed E-state index contributed by atoms with van der Waals surface area (Å²) in [5.41, 5.74) is -0.608. The zero-order chi connectivity index (χ0) is 13.8. The van der Waals surface area contributed by atoms with E-state index in [9.17, 15) is 14.9 Å². The molecule has 0 aliphatic rings. The normalized spacial score (nSPS) is 11.1. The van der Waals surface area contributed by atoms with Gasteiger partial charge < -0.3 is 9.84 Å². The van der Waals surface area contributed by atoms with Gasteiger partial charge in [-0.3, -0.25) is 14.9 Å². The number of rotatable bonds is 5. The first-order chi connectivity index (χ1) is 8.34. The average molecular weight is 253 g/mol. The monoisotopic (exact) mass is 253 g/mol. The van der Waals surface area contributed by atoms with E-state index in [0.29, 0.717) is 0 Å². The number of hydrogen-bond donors (Lipinski definition) is 1. The molecule has 6 heteroatoms. The highest BCUT2D eigenvalue weighted by molar-refractivity contribution is 5.73. The van der Waals surface area contributed by atoms with Crippen LogP contribution in [0.5, 0.6) is 5.75 Å². The van der Waals surface area contributed by atoms with Crippen LogP contribution >= 0.6 is 0 Å². The molecule has 0 radical (unpaired) electrons. The van der Waals surface area contributed by atoms with E-state index in [1.54, 1.807) is 13.8 Å². The van der Waals surface area contributed by atoms with E-state index in [2.05, 4.69) is 0 Å². The largest absolute Gasteiger partial charge is 0.427 e. The van der Waals surface area contributed by atoms with Gasteiger partial charge in [-0.25, -0.2) is 0 Å². The third-order valence-corrected chi connectivity index (χ3v) is 2.33. The molecule has 0 bridgehead atoms. The molecule has 0 aliphatic carbocycles. The molecule has 0 aromatic heterocycles. The summed E-state index contributed by atoms with van der Waals surface area (Å²) in [5.74, 6) is -0.234. The van der Waals surface area contributed by atoms with Crippen molar-refractivity contribution in [2.75, 3.05) is 6.61 Å². The number of esters is 1. The van der Waals surface area contributed by atoms with Gasteiger partial charge in [0.25, 0.3) is 5.69 Å². The lowest BCUT2D eigenvalue weighted by Crippen LogP contribution is -2.24. The van der Waals surface area contributed by atoms with Gasteiger partial charge in [0.2, 0.25) is 0 Å². The Balaban J connectivity index is 2.63. The molecule has 0 atom stereocenters. The predicted octanol–water partition coefficient (Wildman–Crippen LogP) is 1.91. The van der Waals surface area contributed by atoms with Crippen molar-refractivity contribution in [3.05, 3.63) is 34.4 Å². The number of carbonyl (C=O) groups is 1. The second-order valence-corrected chi connectivity index (χ2v) is 4.72. The third kappa shape index (κ3) is 4.14. The van der Waals surface area contributed by atoms with E-state index >= 15 is 0 Å². The molecule has 1 aromatic carbocycles. The van der Waals surface area contributed by atoms with Crippen LogP contribution in [0.25, 0.3) is 0 Å². The first kappa shape index (κ1) is 14.1. The van der Waals surface area contributed by atoms with Crippen molar-refractivity contribution in [1.29, 1.82) is 0 Å². The Morgan fingerprint density at radius 2 is 1.94 bits per heavy atom. The van der Waals surface area contributed by atoms with E-state index in [1.165, 1.54) is 24.3 Å². The molecule has 0 spiro atoms. The first-order valence-electron chi connectivity index (χ1n) is 5.40. The molecule has 0 saturated heterocycles. The molecule has 1 aromatic rings. The first-order valence-corrected chi connectivity index (χ1v) is 5.40. The van der Waals surface area contributed by atoms with Crippen molar-refractivity contribution in [3.8, 4) is 5.75 Å². The molecule has 0 fully saturated rings. The number of benzene rings is 1. The highest BCUT2D eigenvalue weighted by Gasteiger charge is 2.22. The maximum Gasteiger partial charge on any atom is 0.311 e. The number of non-ortho nitro benzene ring substituents is 1. The Morgan fingerprint density at radius 3 is 2.39 bits per heavy atom. The molecule has 0 amide bonds. The van der Waals surface area contributed by atoms with Crippen molar-refractivity contribution in [2.45, 2.75) is 20.3 Å². The minimum atomic E-state index is -0.544. The summed E-state index contributed by atoms with van der Waals surface area (Å²) < 4.78 is 5.01. The van der Waals surface area contributed by atoms with Crippen LogP contribution in [0.3, 0.4) is 0 Å². The number of aliphatic hydroxyl groups excluding tert-OH is 1. The maximum atomic E-state index is 11.5. The topological polar surface area (TPSA) is 89.7 Å². The predicted molar refractivity (Wildman–Crippen MR) is 64.2 cm³/mol. The van der Waals surface area contributed by atoms with E-state index in [4.69, 9.17) is 9.84 Å². The summed E-state index contributed by atoms with van der Waals surface area (Å²) in [7, 11) is 0. The molecular weight excluding hydrogens is 238 g/mol. The van der Waals surface area contributed by atoms with Gasteiger partial charge >= 0.3 is 5.97 Å². The fourth-order valence-electron chi connectivity index (χ4n) is 1.25. The quantitative estimate of drug-likeness (QED) is 0.374. The molecule has 18 heavy (non-hydrogen) atoms.